The van der Waals surface area contributed by atoms with Gasteiger partial charge >= 0.3 is 113 Å². The zero-order chi connectivity index (χ0) is 14.6. The summed E-state index contributed by atoms with van der Waals surface area (Å²) in [5, 5.41) is 14.3. The summed E-state index contributed by atoms with van der Waals surface area (Å²) in [6, 6.07) is -1.85. The Morgan fingerprint density at radius 1 is 1.37 bits per heavy atom. The molecule has 0 aliphatic carbocycles. The summed E-state index contributed by atoms with van der Waals surface area (Å²) in [6.45, 7) is 6.59. The molecule has 100 valence electrons. The summed E-state index contributed by atoms with van der Waals surface area (Å²) in [5.74, 6) is -1.91. The van der Waals surface area contributed by atoms with Crippen LogP contribution in [0, 0.1) is 0 Å². The van der Waals surface area contributed by atoms with Crippen LogP contribution in [0.2, 0.25) is 0 Å². The van der Waals surface area contributed by atoms with Crippen LogP contribution >= 0.6 is 0 Å². The Kier molecular flexibility index (Phi) is 5.47. The number of Topliss-reactive ketones (excluding diaryl/α,β-unsaturated/α-hetero) is 1. The van der Waals surface area contributed by atoms with Crippen molar-refractivity contribution in [2.45, 2.75) is 38.4 Å². The normalized spacial score (nSPS) is 16.6. The standard InChI is InChI=1S/C9H16B3N3O4/c1-4(16)3-6(9(18)19)13-8(17)7(5(2)14-10)15-11-12-15/h5-7,14H,3,10H2,1-2H3,(H,13,17)(H,18,19)/t5-,6-,7-/m0/s1. The second kappa shape index (κ2) is 6.65. The first-order valence-corrected chi connectivity index (χ1v) is 6.02. The predicted molar refractivity (Wildman–Crippen MR) is 73.1 cm³/mol. The molecule has 10 heteroatoms. The second-order valence-corrected chi connectivity index (χ2v) is 4.57. The van der Waals surface area contributed by atoms with Crippen LogP contribution in [-0.2, 0) is 14.4 Å². The molecule has 0 saturated carbocycles. The van der Waals surface area contributed by atoms with Crippen molar-refractivity contribution in [3.8, 4) is 0 Å². The van der Waals surface area contributed by atoms with E-state index in [2.05, 4.69) is 10.5 Å². The van der Waals surface area contributed by atoms with Gasteiger partial charge < -0.3 is 0 Å². The Hall–Kier alpha value is -1.44. The summed E-state index contributed by atoms with van der Waals surface area (Å²) < 4.78 is 1.70. The van der Waals surface area contributed by atoms with Gasteiger partial charge in [0.15, 0.2) is 0 Å². The number of carbonyl (C=O) groups excluding carboxylic acids is 2. The Balaban J connectivity index is 2.68. The SMILES string of the molecule is BN[C@@H](C)[C@@H](C(=O)N[C@@H](CC(C)=O)C(=O)O)N1B=B1. The number of hydrogen-bond donors (Lipinski definition) is 3. The van der Waals surface area contributed by atoms with Gasteiger partial charge in [-0.25, -0.2) is 0 Å². The van der Waals surface area contributed by atoms with E-state index in [9.17, 15) is 14.4 Å². The Bertz CT molecular complexity index is 412. The zero-order valence-corrected chi connectivity index (χ0v) is 11.2. The molecule has 0 aromatic rings. The summed E-state index contributed by atoms with van der Waals surface area (Å²) in [6.07, 6.45) is -0.213. The third-order valence-corrected chi connectivity index (χ3v) is 2.95. The van der Waals surface area contributed by atoms with Gasteiger partial charge in [0, 0.05) is 0 Å². The summed E-state index contributed by atoms with van der Waals surface area (Å²) in [7, 11) is 1.72. The van der Waals surface area contributed by atoms with Crippen LogP contribution in [0.3, 0.4) is 0 Å². The third-order valence-electron chi connectivity index (χ3n) is 2.95. The van der Waals surface area contributed by atoms with Gasteiger partial charge in [0.25, 0.3) is 0 Å². The van der Waals surface area contributed by atoms with Gasteiger partial charge in [-0.2, -0.15) is 0 Å². The Morgan fingerprint density at radius 2 is 1.95 bits per heavy atom. The molecule has 0 saturated heterocycles. The van der Waals surface area contributed by atoms with Gasteiger partial charge in [0.2, 0.25) is 0 Å². The molecule has 1 amide bonds. The molecule has 19 heavy (non-hydrogen) atoms. The fourth-order valence-electron chi connectivity index (χ4n) is 1.75. The maximum absolute atomic E-state index is 12.1. The third kappa shape index (κ3) is 4.62. The second-order valence-electron chi connectivity index (χ2n) is 4.57. The van der Waals surface area contributed by atoms with Crippen molar-refractivity contribution < 1.29 is 19.5 Å². The van der Waals surface area contributed by atoms with Crippen LogP contribution in [0.15, 0.2) is 0 Å². The number of ketones is 1. The number of carboxylic acids is 1. The molecule has 7 nitrogen and oxygen atoms in total. The fraction of sp³-hybridized carbons (Fsp3) is 0.667. The molecule has 0 unspecified atom stereocenters. The molecule has 3 N–H and O–H groups in total. The van der Waals surface area contributed by atoms with Crippen LogP contribution in [-0.4, -0.2) is 67.5 Å². The average molecular weight is 263 g/mol. The summed E-state index contributed by atoms with van der Waals surface area (Å²) in [5.41, 5.74) is 0. The van der Waals surface area contributed by atoms with Crippen molar-refractivity contribution in [1.82, 2.24) is 15.3 Å². The fourth-order valence-corrected chi connectivity index (χ4v) is 1.75. The van der Waals surface area contributed by atoms with E-state index in [-0.39, 0.29) is 18.2 Å². The van der Waals surface area contributed by atoms with E-state index in [0.717, 1.165) is 0 Å². The zero-order valence-electron chi connectivity index (χ0n) is 11.2. The van der Waals surface area contributed by atoms with Crippen LogP contribution in [0.25, 0.3) is 0 Å². The number of carbonyl (C=O) groups is 3. The summed E-state index contributed by atoms with van der Waals surface area (Å²) >= 11 is 0. The van der Waals surface area contributed by atoms with E-state index in [0.29, 0.717) is 0 Å². The van der Waals surface area contributed by atoms with Gasteiger partial charge in [0.1, 0.15) is 0 Å². The maximum atomic E-state index is 12.1. The van der Waals surface area contributed by atoms with E-state index >= 15 is 0 Å². The van der Waals surface area contributed by atoms with Crippen LogP contribution in [0.4, 0.5) is 0 Å². The number of nitrogens with zero attached hydrogens (tertiary/aromatic N) is 1. The first-order chi connectivity index (χ1) is 8.86. The molecule has 1 aliphatic rings. The molecule has 1 rings (SSSR count). The summed E-state index contributed by atoms with van der Waals surface area (Å²) in [4.78, 5) is 34.1. The van der Waals surface area contributed by atoms with Crippen LogP contribution < -0.4 is 10.5 Å². The number of nitrogens with one attached hydrogen (secondary N) is 2. The molecule has 0 fully saturated rings. The number of carboxylic acid groups (broad SMARTS) is 1. The monoisotopic (exact) mass is 263 g/mol. The topological polar surface area (TPSA) is 98.5 Å². The number of amides is 1. The first kappa shape index (κ1) is 15.6. The minimum absolute atomic E-state index is 0.151. The van der Waals surface area contributed by atoms with Gasteiger partial charge in [0.05, 0.1) is 0 Å². The van der Waals surface area contributed by atoms with Crippen LogP contribution in [0.1, 0.15) is 20.3 Å². The Morgan fingerprint density at radius 3 is 2.32 bits per heavy atom. The molecule has 0 aromatic heterocycles. The van der Waals surface area contributed by atoms with E-state index in [1.54, 1.807) is 26.6 Å². The van der Waals surface area contributed by atoms with Gasteiger partial charge in [-0.05, 0) is 0 Å². The average Bonchev–Trinajstić information content (AvgIpc) is 3.11. The van der Waals surface area contributed by atoms with E-state index in [4.69, 9.17) is 5.11 Å². The number of rotatable bonds is 8. The van der Waals surface area contributed by atoms with Crippen molar-refractivity contribution in [2.75, 3.05) is 0 Å². The van der Waals surface area contributed by atoms with Gasteiger partial charge in [-0.1, -0.05) is 0 Å². The van der Waals surface area contributed by atoms with E-state index < -0.39 is 24.0 Å². The van der Waals surface area contributed by atoms with Crippen LogP contribution in [0.5, 0.6) is 0 Å². The number of aliphatic carboxylic acids is 1. The predicted octanol–water partition coefficient (Wildman–Crippen LogP) is -3.10. The van der Waals surface area contributed by atoms with Gasteiger partial charge in [-0.15, -0.1) is 0 Å². The van der Waals surface area contributed by atoms with Crippen molar-refractivity contribution >= 4 is 39.5 Å². The molecule has 0 bridgehead atoms. The van der Waals surface area contributed by atoms with Crippen molar-refractivity contribution in [3.05, 3.63) is 0 Å². The number of hydrogen-bond acceptors (Lipinski definition) is 5. The van der Waals surface area contributed by atoms with Crippen molar-refractivity contribution in [3.63, 3.8) is 0 Å². The van der Waals surface area contributed by atoms with Crippen molar-refractivity contribution in [2.24, 2.45) is 0 Å². The molecule has 3 atom stereocenters. The first-order valence-electron chi connectivity index (χ1n) is 6.02. The quantitative estimate of drug-likeness (QED) is 0.401. The molecular formula is C9H16B3N3O4. The molecule has 0 spiro atoms. The molecular weight excluding hydrogens is 247 g/mol. The van der Waals surface area contributed by atoms with E-state index in [1.165, 1.54) is 6.92 Å². The molecule has 1 aliphatic heterocycles. The molecule has 1 heterocycles. The van der Waals surface area contributed by atoms with Crippen molar-refractivity contribution in [1.29, 1.82) is 0 Å². The molecule has 0 radical (unpaired) electrons. The Labute approximate surface area is 113 Å². The van der Waals surface area contributed by atoms with Gasteiger partial charge in [-0.3, -0.25) is 0 Å². The minimum atomic E-state index is -1.21. The van der Waals surface area contributed by atoms with E-state index in [1.807, 2.05) is 6.92 Å². The molecule has 0 aromatic carbocycles.